The molecule has 0 bridgehead atoms. The van der Waals surface area contributed by atoms with Gasteiger partial charge >= 0.3 is 6.16 Å². The molecule has 2 heterocycles. The number of hydrogen-bond donors (Lipinski definition) is 1. The van der Waals surface area contributed by atoms with Gasteiger partial charge in [0, 0.05) is 28.4 Å². The number of ether oxygens (including phenoxy) is 3. The van der Waals surface area contributed by atoms with Crippen LogP contribution in [0.4, 0.5) is 4.79 Å². The molecule has 6 nitrogen and oxygen atoms in total. The number of carbonyl (C=O) groups excluding carboxylic acids is 1. The Morgan fingerprint density at radius 3 is 2.63 bits per heavy atom. The number of aromatic amines is 1. The van der Waals surface area contributed by atoms with E-state index in [-0.39, 0.29) is 19.1 Å². The molecule has 0 aliphatic carbocycles. The number of halogens is 1. The SMILES string of the molecule is CCOC(=O)Oc1ncc2[nH]c3cccc(Cc4ccc(Cl)cc4)c3c2c1COC. The quantitative estimate of drug-likeness (QED) is 0.405. The first-order valence-corrected chi connectivity index (χ1v) is 9.97. The number of rotatable bonds is 6. The average Bonchev–Trinajstić information content (AvgIpc) is 3.11. The number of methoxy groups -OCH3 is 1. The van der Waals surface area contributed by atoms with E-state index in [4.69, 9.17) is 25.8 Å². The van der Waals surface area contributed by atoms with Gasteiger partial charge in [-0.3, -0.25) is 0 Å². The molecule has 30 heavy (non-hydrogen) atoms. The molecule has 0 aliphatic heterocycles. The summed E-state index contributed by atoms with van der Waals surface area (Å²) in [6.07, 6.45) is 1.60. The van der Waals surface area contributed by atoms with Gasteiger partial charge in [0.25, 0.3) is 0 Å². The first kappa shape index (κ1) is 20.2. The molecule has 4 aromatic rings. The third-order valence-electron chi connectivity index (χ3n) is 4.85. The lowest BCUT2D eigenvalue weighted by molar-refractivity contribution is 0.101. The molecule has 0 spiro atoms. The third-order valence-corrected chi connectivity index (χ3v) is 5.10. The third kappa shape index (κ3) is 3.97. The van der Waals surface area contributed by atoms with Gasteiger partial charge in [0.05, 0.1) is 30.5 Å². The van der Waals surface area contributed by atoms with E-state index < -0.39 is 6.16 Å². The van der Waals surface area contributed by atoms with Crippen molar-refractivity contribution in [3.8, 4) is 5.88 Å². The van der Waals surface area contributed by atoms with Crippen molar-refractivity contribution in [1.82, 2.24) is 9.97 Å². The number of pyridine rings is 1. The highest BCUT2D eigenvalue weighted by Gasteiger charge is 2.20. The number of fused-ring (bicyclic) bond motifs is 3. The molecule has 4 rings (SSSR count). The molecular formula is C23H21ClN2O4. The highest BCUT2D eigenvalue weighted by Crippen LogP contribution is 2.35. The van der Waals surface area contributed by atoms with Gasteiger partial charge < -0.3 is 19.2 Å². The van der Waals surface area contributed by atoms with Gasteiger partial charge in [-0.2, -0.15) is 0 Å². The Balaban J connectivity index is 1.88. The predicted molar refractivity (Wildman–Crippen MR) is 116 cm³/mol. The topological polar surface area (TPSA) is 73.4 Å². The minimum atomic E-state index is -0.789. The number of carbonyl (C=O) groups is 1. The maximum absolute atomic E-state index is 11.9. The molecule has 0 saturated heterocycles. The fourth-order valence-corrected chi connectivity index (χ4v) is 3.75. The van der Waals surface area contributed by atoms with Crippen LogP contribution in [0.1, 0.15) is 23.6 Å². The highest BCUT2D eigenvalue weighted by atomic mass is 35.5. The fraction of sp³-hybridized carbons (Fsp3) is 0.217. The van der Waals surface area contributed by atoms with Gasteiger partial charge in [-0.25, -0.2) is 9.78 Å². The zero-order valence-electron chi connectivity index (χ0n) is 16.7. The largest absolute Gasteiger partial charge is 0.515 e. The zero-order valence-corrected chi connectivity index (χ0v) is 17.5. The van der Waals surface area contributed by atoms with Gasteiger partial charge in [-0.05, 0) is 42.7 Å². The number of H-pyrrole nitrogens is 1. The summed E-state index contributed by atoms with van der Waals surface area (Å²) in [7, 11) is 1.59. The van der Waals surface area contributed by atoms with Crippen molar-refractivity contribution >= 4 is 39.6 Å². The van der Waals surface area contributed by atoms with Crippen molar-refractivity contribution in [3.05, 3.63) is 70.4 Å². The van der Waals surface area contributed by atoms with Crippen LogP contribution >= 0.6 is 11.6 Å². The summed E-state index contributed by atoms with van der Waals surface area (Å²) in [4.78, 5) is 19.6. The minimum absolute atomic E-state index is 0.185. The molecule has 0 amide bonds. The van der Waals surface area contributed by atoms with Gasteiger partial charge in [-0.15, -0.1) is 0 Å². The van der Waals surface area contributed by atoms with Crippen LogP contribution in [0, 0.1) is 0 Å². The Morgan fingerprint density at radius 1 is 1.10 bits per heavy atom. The molecule has 2 aromatic carbocycles. The fourth-order valence-electron chi connectivity index (χ4n) is 3.62. The van der Waals surface area contributed by atoms with E-state index in [0.717, 1.165) is 39.4 Å². The molecule has 0 saturated carbocycles. The number of hydrogen-bond acceptors (Lipinski definition) is 5. The first-order chi connectivity index (χ1) is 14.6. The Kier molecular flexibility index (Phi) is 5.88. The van der Waals surface area contributed by atoms with E-state index in [1.54, 1.807) is 20.2 Å². The molecule has 7 heteroatoms. The van der Waals surface area contributed by atoms with E-state index in [9.17, 15) is 4.79 Å². The molecule has 0 aliphatic rings. The van der Waals surface area contributed by atoms with Crippen LogP contribution in [0.5, 0.6) is 5.88 Å². The maximum Gasteiger partial charge on any atom is 0.515 e. The van der Waals surface area contributed by atoms with Gasteiger partial charge in [-0.1, -0.05) is 35.9 Å². The maximum atomic E-state index is 11.9. The van der Waals surface area contributed by atoms with Crippen LogP contribution in [-0.2, 0) is 22.5 Å². The highest BCUT2D eigenvalue weighted by molar-refractivity contribution is 6.30. The molecule has 0 fully saturated rings. The van der Waals surface area contributed by atoms with Crippen molar-refractivity contribution < 1.29 is 19.0 Å². The van der Waals surface area contributed by atoms with Gasteiger partial charge in [0.2, 0.25) is 5.88 Å². The number of aromatic nitrogens is 2. The second-order valence-electron chi connectivity index (χ2n) is 6.82. The van der Waals surface area contributed by atoms with Crippen LogP contribution < -0.4 is 4.74 Å². The van der Waals surface area contributed by atoms with Crippen LogP contribution in [0.2, 0.25) is 5.02 Å². The van der Waals surface area contributed by atoms with Crippen molar-refractivity contribution in [2.75, 3.05) is 13.7 Å². The molecular weight excluding hydrogens is 404 g/mol. The standard InChI is InChI=1S/C23H21ClN2O4/c1-3-29-23(27)30-22-17(13-28-2)21-19(12-25-22)26-18-6-4-5-15(20(18)21)11-14-7-9-16(24)10-8-14/h4-10,12,26H,3,11,13H2,1-2H3. The summed E-state index contributed by atoms with van der Waals surface area (Å²) in [5.74, 6) is 0.185. The predicted octanol–water partition coefficient (Wildman–Crippen LogP) is 5.64. The Morgan fingerprint density at radius 2 is 1.90 bits per heavy atom. The lowest BCUT2D eigenvalue weighted by Crippen LogP contribution is -2.12. The van der Waals surface area contributed by atoms with Crippen molar-refractivity contribution in [2.24, 2.45) is 0 Å². The molecule has 0 radical (unpaired) electrons. The van der Waals surface area contributed by atoms with Gasteiger partial charge in [0.1, 0.15) is 0 Å². The molecule has 2 aromatic heterocycles. The normalized spacial score (nSPS) is 11.2. The Hall–Kier alpha value is -3.09. The molecule has 154 valence electrons. The van der Waals surface area contributed by atoms with Crippen molar-refractivity contribution in [3.63, 3.8) is 0 Å². The summed E-state index contributed by atoms with van der Waals surface area (Å²) in [5.41, 5.74) is 4.79. The zero-order chi connectivity index (χ0) is 21.1. The Bertz CT molecular complexity index is 1200. The summed E-state index contributed by atoms with van der Waals surface area (Å²) in [6, 6.07) is 13.9. The lowest BCUT2D eigenvalue weighted by Gasteiger charge is -2.11. The second-order valence-corrected chi connectivity index (χ2v) is 7.25. The van der Waals surface area contributed by atoms with Crippen LogP contribution in [-0.4, -0.2) is 29.8 Å². The monoisotopic (exact) mass is 424 g/mol. The van der Waals surface area contributed by atoms with Crippen LogP contribution in [0.25, 0.3) is 21.8 Å². The van der Waals surface area contributed by atoms with Crippen molar-refractivity contribution in [1.29, 1.82) is 0 Å². The molecule has 0 unspecified atom stereocenters. The number of nitrogens with zero attached hydrogens (tertiary/aromatic N) is 1. The minimum Gasteiger partial charge on any atom is -0.434 e. The van der Waals surface area contributed by atoms with E-state index in [1.807, 2.05) is 36.4 Å². The van der Waals surface area contributed by atoms with Crippen LogP contribution in [0.3, 0.4) is 0 Å². The van der Waals surface area contributed by atoms with Crippen LogP contribution in [0.15, 0.2) is 48.7 Å². The summed E-state index contributed by atoms with van der Waals surface area (Å²) in [6.45, 7) is 2.18. The smallest absolute Gasteiger partial charge is 0.434 e. The van der Waals surface area contributed by atoms with Crippen molar-refractivity contribution in [2.45, 2.75) is 20.0 Å². The average molecular weight is 425 g/mol. The van der Waals surface area contributed by atoms with E-state index in [2.05, 4.69) is 16.0 Å². The first-order valence-electron chi connectivity index (χ1n) is 9.59. The molecule has 0 atom stereocenters. The summed E-state index contributed by atoms with van der Waals surface area (Å²) >= 11 is 6.03. The lowest BCUT2D eigenvalue weighted by atomic mass is 9.98. The summed E-state index contributed by atoms with van der Waals surface area (Å²) in [5, 5.41) is 2.68. The van der Waals surface area contributed by atoms with E-state index in [0.29, 0.717) is 10.6 Å². The summed E-state index contributed by atoms with van der Waals surface area (Å²) < 4.78 is 15.7. The second kappa shape index (κ2) is 8.73. The number of benzene rings is 2. The van der Waals surface area contributed by atoms with Gasteiger partial charge in [0.15, 0.2) is 0 Å². The number of nitrogens with one attached hydrogen (secondary N) is 1. The van der Waals surface area contributed by atoms with E-state index >= 15 is 0 Å². The molecule has 1 N–H and O–H groups in total. The van der Waals surface area contributed by atoms with E-state index in [1.165, 1.54) is 0 Å². The Labute approximate surface area is 178 Å².